The smallest absolute Gasteiger partial charge is 0.0714 e. The van der Waals surface area contributed by atoms with Gasteiger partial charge in [-0.2, -0.15) is 0 Å². The summed E-state index contributed by atoms with van der Waals surface area (Å²) in [5.74, 6) is 0. The molecule has 0 radical (unpaired) electrons. The van der Waals surface area contributed by atoms with Gasteiger partial charge in [-0.1, -0.05) is 218 Å². The molecule has 0 unspecified atom stereocenters. The van der Waals surface area contributed by atoms with Crippen LogP contribution in [0.2, 0.25) is 0 Å². The highest BCUT2D eigenvalue weighted by Crippen LogP contribution is 2.63. The van der Waals surface area contributed by atoms with Crippen molar-refractivity contribution in [1.82, 2.24) is 0 Å². The Bertz CT molecular complexity index is 3310. The molecule has 2 aliphatic rings. The standard InChI is InChI=1S/C64H43NS/c1-5-20-45(21-6-1)63(46-22-7-2-8-23-46)54-31-15-13-28-52(54)61-56(63)33-18-35-58(61)65(49-40-38-44(39-41-49)50-30-17-37-60-51(50)42-43-66-60)59-36-19-34-57-62(59)53-29-14-16-32-55(53)64(57,47-24-9-3-10-25-47)48-26-11-4-12-27-48/h1-43H. The monoisotopic (exact) mass is 857 g/mol. The summed E-state index contributed by atoms with van der Waals surface area (Å²) in [6, 6.07) is 95.0. The zero-order valence-electron chi connectivity index (χ0n) is 36.2. The topological polar surface area (TPSA) is 3.24 Å². The van der Waals surface area contributed by atoms with Gasteiger partial charge in [-0.25, -0.2) is 0 Å². The molecule has 0 spiro atoms. The average Bonchev–Trinajstić information content (AvgIpc) is 4.09. The van der Waals surface area contributed by atoms with E-state index in [0.29, 0.717) is 0 Å². The lowest BCUT2D eigenvalue weighted by atomic mass is 9.67. The number of thiophene rings is 1. The largest absolute Gasteiger partial charge is 0.309 e. The fourth-order valence-corrected chi connectivity index (χ4v) is 12.6. The average molecular weight is 858 g/mol. The molecule has 0 atom stereocenters. The van der Waals surface area contributed by atoms with Crippen LogP contribution in [0.25, 0.3) is 43.5 Å². The fourth-order valence-electron chi connectivity index (χ4n) is 11.8. The summed E-state index contributed by atoms with van der Waals surface area (Å²) >= 11 is 1.79. The van der Waals surface area contributed by atoms with Crippen LogP contribution in [0.1, 0.15) is 44.5 Å². The van der Waals surface area contributed by atoms with Gasteiger partial charge in [0.05, 0.1) is 22.2 Å². The highest BCUT2D eigenvalue weighted by molar-refractivity contribution is 7.17. The maximum Gasteiger partial charge on any atom is 0.0714 e. The van der Waals surface area contributed by atoms with Crippen molar-refractivity contribution in [2.75, 3.05) is 4.90 Å². The van der Waals surface area contributed by atoms with Crippen LogP contribution in [0.15, 0.2) is 260 Å². The van der Waals surface area contributed by atoms with Crippen molar-refractivity contribution in [3.8, 4) is 33.4 Å². The van der Waals surface area contributed by atoms with Crippen molar-refractivity contribution < 1.29 is 0 Å². The third-order valence-electron chi connectivity index (χ3n) is 14.3. The molecule has 11 aromatic rings. The second-order valence-corrected chi connectivity index (χ2v) is 18.4. The normalized spacial score (nSPS) is 13.7. The van der Waals surface area contributed by atoms with Crippen molar-refractivity contribution in [2.24, 2.45) is 0 Å². The van der Waals surface area contributed by atoms with Crippen molar-refractivity contribution in [3.05, 3.63) is 305 Å². The second-order valence-electron chi connectivity index (χ2n) is 17.5. The lowest BCUT2D eigenvalue weighted by molar-refractivity contribution is 0.768. The molecular weight excluding hydrogens is 815 g/mol. The second kappa shape index (κ2) is 15.3. The van der Waals surface area contributed by atoms with Crippen molar-refractivity contribution in [1.29, 1.82) is 0 Å². The summed E-state index contributed by atoms with van der Waals surface area (Å²) < 4.78 is 1.30. The Kier molecular flexibility index (Phi) is 8.91. The van der Waals surface area contributed by atoms with Crippen molar-refractivity contribution >= 4 is 38.5 Å². The van der Waals surface area contributed by atoms with Gasteiger partial charge in [0, 0.05) is 26.9 Å². The maximum atomic E-state index is 2.57. The SMILES string of the molecule is c1ccc(C2(c3ccccc3)c3ccccc3-c3c(N(c4ccc(-c5cccc6sccc56)cc4)c4cccc5c4-c4ccccc4C5(c4ccccc4)c4ccccc4)cccc32)cc1. The van der Waals surface area contributed by atoms with Gasteiger partial charge in [-0.3, -0.25) is 0 Å². The van der Waals surface area contributed by atoms with Crippen LogP contribution in [0, 0.1) is 0 Å². The predicted molar refractivity (Wildman–Crippen MR) is 277 cm³/mol. The lowest BCUT2D eigenvalue weighted by Gasteiger charge is -2.35. The van der Waals surface area contributed by atoms with E-state index in [1.807, 2.05) is 0 Å². The quantitative estimate of drug-likeness (QED) is 0.147. The molecule has 1 aromatic heterocycles. The molecule has 10 aromatic carbocycles. The summed E-state index contributed by atoms with van der Waals surface area (Å²) in [5.41, 5.74) is 19.9. The third kappa shape index (κ3) is 5.46. The summed E-state index contributed by atoms with van der Waals surface area (Å²) in [7, 11) is 0. The van der Waals surface area contributed by atoms with Crippen LogP contribution < -0.4 is 4.90 Å². The summed E-state index contributed by atoms with van der Waals surface area (Å²) in [5, 5.41) is 3.49. The minimum Gasteiger partial charge on any atom is -0.309 e. The molecule has 66 heavy (non-hydrogen) atoms. The van der Waals surface area contributed by atoms with Crippen LogP contribution in [0.5, 0.6) is 0 Å². The Morgan fingerprint density at radius 2 is 0.697 bits per heavy atom. The molecule has 0 saturated carbocycles. The number of fused-ring (bicyclic) bond motifs is 7. The Labute approximate surface area is 390 Å². The van der Waals surface area contributed by atoms with Crippen molar-refractivity contribution in [3.63, 3.8) is 0 Å². The number of anilines is 3. The maximum absolute atomic E-state index is 2.57. The molecule has 0 aliphatic heterocycles. The fraction of sp³-hybridized carbons (Fsp3) is 0.0312. The summed E-state index contributed by atoms with van der Waals surface area (Å²) in [4.78, 5) is 2.57. The van der Waals surface area contributed by atoms with Gasteiger partial charge in [0.15, 0.2) is 0 Å². The number of hydrogen-bond acceptors (Lipinski definition) is 2. The van der Waals surface area contributed by atoms with E-state index in [0.717, 1.165) is 17.1 Å². The Hall–Kier alpha value is -8.04. The van der Waals surface area contributed by atoms with Crippen LogP contribution in [-0.4, -0.2) is 0 Å². The van der Waals surface area contributed by atoms with E-state index in [4.69, 9.17) is 0 Å². The molecule has 1 nitrogen and oxygen atoms in total. The molecule has 0 bridgehead atoms. The van der Waals surface area contributed by atoms with Gasteiger partial charge in [-0.15, -0.1) is 11.3 Å². The van der Waals surface area contributed by atoms with E-state index >= 15 is 0 Å². The summed E-state index contributed by atoms with van der Waals surface area (Å²) in [6.45, 7) is 0. The van der Waals surface area contributed by atoms with Gasteiger partial charge in [0.25, 0.3) is 0 Å². The number of rotatable bonds is 8. The van der Waals surface area contributed by atoms with Crippen LogP contribution in [-0.2, 0) is 10.8 Å². The minimum atomic E-state index is -0.541. The first-order valence-electron chi connectivity index (χ1n) is 22.8. The zero-order valence-corrected chi connectivity index (χ0v) is 37.0. The summed E-state index contributed by atoms with van der Waals surface area (Å²) in [6.07, 6.45) is 0. The van der Waals surface area contributed by atoms with Crippen LogP contribution >= 0.6 is 11.3 Å². The first-order valence-corrected chi connectivity index (χ1v) is 23.7. The van der Waals surface area contributed by atoms with E-state index in [9.17, 15) is 0 Å². The van der Waals surface area contributed by atoms with Crippen LogP contribution in [0.3, 0.4) is 0 Å². The highest BCUT2D eigenvalue weighted by Gasteiger charge is 2.49. The molecule has 0 fully saturated rings. The molecule has 1 heterocycles. The molecule has 2 aliphatic carbocycles. The van der Waals surface area contributed by atoms with Crippen molar-refractivity contribution in [2.45, 2.75) is 10.8 Å². The van der Waals surface area contributed by atoms with Gasteiger partial charge in [-0.05, 0) is 109 Å². The molecular formula is C64H43NS. The number of hydrogen-bond donors (Lipinski definition) is 0. The van der Waals surface area contributed by atoms with Crippen LogP contribution in [0.4, 0.5) is 17.1 Å². The molecule has 2 heteroatoms. The molecule has 0 N–H and O–H groups in total. The van der Waals surface area contributed by atoms with Gasteiger partial charge < -0.3 is 4.90 Å². The third-order valence-corrected chi connectivity index (χ3v) is 15.2. The van der Waals surface area contributed by atoms with Gasteiger partial charge in [0.1, 0.15) is 0 Å². The van der Waals surface area contributed by atoms with E-state index in [-0.39, 0.29) is 0 Å². The lowest BCUT2D eigenvalue weighted by Crippen LogP contribution is -2.28. The molecule has 310 valence electrons. The first kappa shape index (κ1) is 38.4. The first-order chi connectivity index (χ1) is 32.8. The Morgan fingerprint density at radius 1 is 0.303 bits per heavy atom. The molecule has 0 amide bonds. The Morgan fingerprint density at radius 3 is 1.17 bits per heavy atom. The number of benzene rings is 10. The van der Waals surface area contributed by atoms with E-state index < -0.39 is 10.8 Å². The van der Waals surface area contributed by atoms with E-state index in [2.05, 4.69) is 265 Å². The minimum absolute atomic E-state index is 0.541. The zero-order chi connectivity index (χ0) is 43.7. The molecule has 13 rings (SSSR count). The molecule has 0 saturated heterocycles. The van der Waals surface area contributed by atoms with E-state index in [1.165, 1.54) is 88.0 Å². The van der Waals surface area contributed by atoms with Gasteiger partial charge >= 0.3 is 0 Å². The van der Waals surface area contributed by atoms with Gasteiger partial charge in [0.2, 0.25) is 0 Å². The number of nitrogens with zero attached hydrogens (tertiary/aromatic N) is 1. The highest BCUT2D eigenvalue weighted by atomic mass is 32.1. The Balaban J connectivity index is 1.13. The predicted octanol–water partition coefficient (Wildman–Crippen LogP) is 16.8. The van der Waals surface area contributed by atoms with E-state index in [1.54, 1.807) is 11.3 Å².